The second kappa shape index (κ2) is 6.25. The molecule has 1 aliphatic rings. The average Bonchev–Trinajstić information content (AvgIpc) is 3.05. The van der Waals surface area contributed by atoms with Gasteiger partial charge < -0.3 is 5.32 Å². The molecule has 30 heavy (non-hydrogen) atoms. The lowest BCUT2D eigenvalue weighted by molar-refractivity contribution is -0.139. The van der Waals surface area contributed by atoms with Gasteiger partial charge >= 0.3 is 6.18 Å². The number of aromatic amines is 1. The summed E-state index contributed by atoms with van der Waals surface area (Å²) in [7, 11) is 0. The van der Waals surface area contributed by atoms with Crippen LogP contribution in [0.3, 0.4) is 0 Å². The van der Waals surface area contributed by atoms with Crippen molar-refractivity contribution >= 4 is 28.1 Å². The monoisotopic (exact) mass is 421 g/mol. The van der Waals surface area contributed by atoms with Crippen molar-refractivity contribution in [2.24, 2.45) is 5.92 Å². The van der Waals surface area contributed by atoms with E-state index in [1.807, 2.05) is 0 Å². The number of anilines is 1. The number of hydrogen-bond acceptors (Lipinski definition) is 3. The molecule has 1 amide bonds. The van der Waals surface area contributed by atoms with Gasteiger partial charge in [-0.25, -0.2) is 13.3 Å². The quantitative estimate of drug-likeness (QED) is 0.484. The summed E-state index contributed by atoms with van der Waals surface area (Å²) in [5.74, 6) is -2.49. The first-order chi connectivity index (χ1) is 14.2. The summed E-state index contributed by atoms with van der Waals surface area (Å²) in [5.41, 5.74) is -1.15. The van der Waals surface area contributed by atoms with Gasteiger partial charge in [0, 0.05) is 29.3 Å². The molecule has 0 bridgehead atoms. The largest absolute Gasteiger partial charge is 0.419 e. The van der Waals surface area contributed by atoms with Gasteiger partial charge in [-0.05, 0) is 24.1 Å². The predicted molar refractivity (Wildman–Crippen MR) is 96.9 cm³/mol. The average molecular weight is 421 g/mol. The maximum Gasteiger partial charge on any atom is 0.419 e. The maximum atomic E-state index is 14.4. The van der Waals surface area contributed by atoms with Crippen LogP contribution in [0.4, 0.5) is 27.8 Å². The Morgan fingerprint density at radius 3 is 2.73 bits per heavy atom. The van der Waals surface area contributed by atoms with Crippen LogP contribution >= 0.6 is 0 Å². The first kappa shape index (κ1) is 18.5. The fraction of sp³-hybridized carbons (Fsp3) is 0.211. The van der Waals surface area contributed by atoms with Crippen molar-refractivity contribution in [2.75, 3.05) is 5.32 Å². The number of carbonyl (C=O) groups excluding carboxylic acids is 1. The summed E-state index contributed by atoms with van der Waals surface area (Å²) in [6.07, 6.45) is -3.34. The van der Waals surface area contributed by atoms with E-state index in [9.17, 15) is 26.7 Å². The van der Waals surface area contributed by atoms with E-state index in [1.54, 1.807) is 0 Å². The van der Waals surface area contributed by atoms with Crippen LogP contribution in [-0.4, -0.2) is 31.9 Å². The summed E-state index contributed by atoms with van der Waals surface area (Å²) in [6, 6.07) is 4.96. The molecule has 2 atom stereocenters. The maximum absolute atomic E-state index is 14.4. The Morgan fingerprint density at radius 1 is 1.27 bits per heavy atom. The smallest absolute Gasteiger partial charge is 0.309 e. The van der Waals surface area contributed by atoms with E-state index in [1.165, 1.54) is 35.1 Å². The lowest BCUT2D eigenvalue weighted by atomic mass is 9.95. The minimum absolute atomic E-state index is 0.101. The van der Waals surface area contributed by atoms with Crippen molar-refractivity contribution in [3.05, 3.63) is 48.0 Å². The van der Waals surface area contributed by atoms with Crippen LogP contribution in [0, 0.1) is 11.7 Å². The topological polar surface area (TPSA) is 75.1 Å². The van der Waals surface area contributed by atoms with E-state index in [4.69, 9.17) is 0 Å². The molecule has 1 aromatic carbocycles. The summed E-state index contributed by atoms with van der Waals surface area (Å²) >= 11 is 0. The first-order valence-electron chi connectivity index (χ1n) is 8.90. The molecule has 0 aliphatic heterocycles. The molecule has 6 nitrogen and oxygen atoms in total. The van der Waals surface area contributed by atoms with Crippen molar-refractivity contribution < 1.29 is 26.7 Å². The van der Waals surface area contributed by atoms with Crippen LogP contribution in [0.1, 0.15) is 12.0 Å². The fourth-order valence-corrected chi connectivity index (χ4v) is 3.50. The Morgan fingerprint density at radius 2 is 2.03 bits per heavy atom. The Kier molecular flexibility index (Phi) is 3.86. The van der Waals surface area contributed by atoms with E-state index in [0.29, 0.717) is 5.52 Å². The summed E-state index contributed by atoms with van der Waals surface area (Å²) in [4.78, 5) is 11.9. The zero-order valence-electron chi connectivity index (χ0n) is 15.0. The number of carbonyl (C=O) groups is 1. The van der Waals surface area contributed by atoms with Gasteiger partial charge in [-0.15, -0.1) is 0 Å². The highest BCUT2D eigenvalue weighted by atomic mass is 19.4. The third kappa shape index (κ3) is 2.97. The highest BCUT2D eigenvalue weighted by Crippen LogP contribution is 2.43. The normalized spacial score (nSPS) is 18.8. The molecule has 0 spiro atoms. The van der Waals surface area contributed by atoms with Crippen LogP contribution < -0.4 is 5.32 Å². The van der Waals surface area contributed by atoms with E-state index < -0.39 is 35.6 Å². The van der Waals surface area contributed by atoms with Gasteiger partial charge in [-0.1, -0.05) is 0 Å². The van der Waals surface area contributed by atoms with Crippen LogP contribution in [0.15, 0.2) is 36.7 Å². The van der Waals surface area contributed by atoms with E-state index in [-0.39, 0.29) is 34.3 Å². The molecule has 4 aromatic rings. The number of aromatic nitrogens is 4. The molecule has 1 saturated carbocycles. The van der Waals surface area contributed by atoms with Crippen molar-refractivity contribution in [3.8, 4) is 11.1 Å². The van der Waals surface area contributed by atoms with Crippen molar-refractivity contribution in [1.82, 2.24) is 19.8 Å². The number of H-pyrrole nitrogens is 1. The van der Waals surface area contributed by atoms with Gasteiger partial charge in [0.1, 0.15) is 12.0 Å². The number of alkyl halides is 4. The number of rotatable bonds is 3. The van der Waals surface area contributed by atoms with Gasteiger partial charge in [-0.2, -0.15) is 23.4 Å². The highest BCUT2D eigenvalue weighted by Gasteiger charge is 2.44. The Balaban J connectivity index is 1.62. The molecule has 0 unspecified atom stereocenters. The van der Waals surface area contributed by atoms with Gasteiger partial charge in [0.15, 0.2) is 5.82 Å². The molecule has 0 saturated heterocycles. The molecule has 1 aliphatic carbocycles. The summed E-state index contributed by atoms with van der Waals surface area (Å²) in [6.45, 7) is 0. The van der Waals surface area contributed by atoms with Crippen molar-refractivity contribution in [2.45, 2.75) is 18.8 Å². The Bertz CT molecular complexity index is 1310. The molecule has 3 heterocycles. The van der Waals surface area contributed by atoms with Crippen LogP contribution in [0.5, 0.6) is 0 Å². The lowest BCUT2D eigenvalue weighted by Crippen LogP contribution is -2.15. The molecule has 2 N–H and O–H groups in total. The van der Waals surface area contributed by atoms with Crippen molar-refractivity contribution in [3.63, 3.8) is 0 Å². The number of hydrogen-bond donors (Lipinski definition) is 2. The number of halogens is 5. The number of nitrogens with zero attached hydrogens (tertiary/aromatic N) is 3. The van der Waals surface area contributed by atoms with Gasteiger partial charge in [0.25, 0.3) is 0 Å². The lowest BCUT2D eigenvalue weighted by Gasteiger charge is -2.15. The standard InChI is InChI=1S/C19H12F5N5O/c20-12-5-10(12)18(30)26-15-4-9-3-8(1-2-29(9)28-15)16-11-7-25-27-14(11)6-13(21)17(16)19(22,23)24/h1-4,6-7,10,12H,5H2,(H,25,27)(H,26,28,30)/t10-,12+/m1/s1. The van der Waals surface area contributed by atoms with Crippen molar-refractivity contribution in [1.29, 1.82) is 0 Å². The van der Waals surface area contributed by atoms with Crippen LogP contribution in [-0.2, 0) is 11.0 Å². The van der Waals surface area contributed by atoms with Gasteiger partial charge in [0.2, 0.25) is 5.91 Å². The van der Waals surface area contributed by atoms with Gasteiger partial charge in [-0.3, -0.25) is 9.89 Å². The van der Waals surface area contributed by atoms with Crippen LogP contribution in [0.25, 0.3) is 27.5 Å². The SMILES string of the molecule is O=C(Nc1cc2cc(-c3c(C(F)(F)F)c(F)cc4[nH]ncc34)ccn2n1)[C@@H]1C[C@@H]1F. The van der Waals surface area contributed by atoms with Gasteiger partial charge in [0.05, 0.1) is 28.7 Å². The summed E-state index contributed by atoms with van der Waals surface area (Å²) in [5, 5.41) is 12.9. The molecule has 11 heteroatoms. The fourth-order valence-electron chi connectivity index (χ4n) is 3.50. The van der Waals surface area contributed by atoms with E-state index in [2.05, 4.69) is 20.6 Å². The number of amides is 1. The molecule has 3 aromatic heterocycles. The summed E-state index contributed by atoms with van der Waals surface area (Å²) < 4.78 is 69.6. The molecule has 0 radical (unpaired) electrons. The molecular formula is C19H12F5N5O. The zero-order chi connectivity index (χ0) is 21.2. The van der Waals surface area contributed by atoms with E-state index in [0.717, 1.165) is 6.07 Å². The van der Waals surface area contributed by atoms with E-state index >= 15 is 0 Å². The first-order valence-corrected chi connectivity index (χ1v) is 8.90. The minimum Gasteiger partial charge on any atom is -0.309 e. The second-order valence-electron chi connectivity index (χ2n) is 7.10. The number of pyridine rings is 1. The number of benzene rings is 1. The second-order valence-corrected chi connectivity index (χ2v) is 7.10. The minimum atomic E-state index is -4.93. The third-order valence-electron chi connectivity index (χ3n) is 5.03. The molecule has 5 rings (SSSR count). The molecule has 1 fully saturated rings. The predicted octanol–water partition coefficient (Wildman–Crippen LogP) is 4.33. The Labute approximate surface area is 164 Å². The molecular weight excluding hydrogens is 409 g/mol. The highest BCUT2D eigenvalue weighted by molar-refractivity contribution is 5.98. The number of fused-ring (bicyclic) bond motifs is 2. The zero-order valence-corrected chi connectivity index (χ0v) is 15.0. The number of nitrogens with one attached hydrogen (secondary N) is 2. The third-order valence-corrected chi connectivity index (χ3v) is 5.03. The van der Waals surface area contributed by atoms with Crippen LogP contribution in [0.2, 0.25) is 0 Å². The Hall–Kier alpha value is -3.50. The molecule has 154 valence electrons.